The van der Waals surface area contributed by atoms with Gasteiger partial charge in [-0.25, -0.2) is 9.59 Å². The molecule has 4 fully saturated rings. The first-order valence-corrected chi connectivity index (χ1v) is 23.6. The van der Waals surface area contributed by atoms with E-state index in [0.717, 1.165) is 0 Å². The van der Waals surface area contributed by atoms with E-state index in [1.54, 1.807) is 70.2 Å². The topological polar surface area (TPSA) is 353 Å². The predicted octanol–water partition coefficient (Wildman–Crippen LogP) is 0.0828. The van der Waals surface area contributed by atoms with Gasteiger partial charge in [0.25, 0.3) is 5.91 Å². The van der Waals surface area contributed by atoms with Crippen molar-refractivity contribution in [1.82, 2.24) is 46.4 Å². The summed E-state index contributed by atoms with van der Waals surface area (Å²) in [5.74, 6) is -7.04. The first-order valence-electron chi connectivity index (χ1n) is 21.9. The number of carboxylic acid groups (broad SMARTS) is 2. The van der Waals surface area contributed by atoms with Crippen LogP contribution in [0.15, 0.2) is 79.1 Å². The summed E-state index contributed by atoms with van der Waals surface area (Å²) in [4.78, 5) is 124. The zero-order valence-corrected chi connectivity index (χ0v) is 40.2. The van der Waals surface area contributed by atoms with Gasteiger partial charge in [-0.1, -0.05) is 42.5 Å². The number of thioether (sulfide) groups is 2. The van der Waals surface area contributed by atoms with Crippen LogP contribution in [-0.2, 0) is 38.4 Å². The van der Waals surface area contributed by atoms with Crippen LogP contribution in [0.4, 0.5) is 0 Å². The minimum atomic E-state index is -1.28. The molecule has 4 aromatic rings. The molecule has 0 spiro atoms. The van der Waals surface area contributed by atoms with Crippen LogP contribution >= 0.6 is 23.5 Å². The summed E-state index contributed by atoms with van der Waals surface area (Å²) >= 11 is 2.57. The number of amides is 7. The van der Waals surface area contributed by atoms with Crippen molar-refractivity contribution in [2.24, 2.45) is 5.73 Å². The number of hydrogen-bond acceptors (Lipinski definition) is 16. The number of nitrogens with two attached hydrogens (primary N) is 1. The van der Waals surface area contributed by atoms with E-state index in [9.17, 15) is 63.6 Å². The van der Waals surface area contributed by atoms with Gasteiger partial charge in [0.1, 0.15) is 63.8 Å². The summed E-state index contributed by atoms with van der Waals surface area (Å²) in [5.41, 5.74) is 6.92. The van der Waals surface area contributed by atoms with Gasteiger partial charge in [-0.05, 0) is 63.1 Å². The molecule has 0 saturated carbocycles. The maximum absolute atomic E-state index is 13.4. The molecule has 25 heteroatoms. The number of rotatable bonds is 14. The fourth-order valence-electron chi connectivity index (χ4n) is 8.70. The molecular weight excluding hydrogens is 965 g/mol. The number of pyridine rings is 2. The quantitative estimate of drug-likeness (QED) is 0.0748. The number of phenolic OH excluding ortho intramolecular Hbond substituents is 1. The first-order chi connectivity index (χ1) is 33.5. The normalized spacial score (nSPS) is 23.4. The monoisotopic (exact) mass is 1010 g/mol. The van der Waals surface area contributed by atoms with Crippen LogP contribution in [0.5, 0.6) is 11.5 Å². The number of carbonyl (C=O) groups is 9. The summed E-state index contributed by atoms with van der Waals surface area (Å²) in [6, 6.07) is 9.57. The number of aliphatic carboxylic acids is 2. The maximum atomic E-state index is 13.4. The molecule has 4 aliphatic heterocycles. The Morgan fingerprint density at radius 2 is 1.21 bits per heavy atom. The molecule has 23 nitrogen and oxygen atoms in total. The highest BCUT2D eigenvalue weighted by molar-refractivity contribution is 8.02. The zero-order valence-electron chi connectivity index (χ0n) is 38.6. The minimum absolute atomic E-state index is 0.0559. The van der Waals surface area contributed by atoms with Crippen LogP contribution in [-0.4, -0.2) is 151 Å². The molecule has 6 heterocycles. The van der Waals surface area contributed by atoms with Crippen LogP contribution in [0.25, 0.3) is 11.0 Å². The van der Waals surface area contributed by atoms with Crippen molar-refractivity contribution in [3.05, 3.63) is 95.8 Å². The third-order valence-electron chi connectivity index (χ3n) is 12.3. The Balaban J connectivity index is 0.000000210. The number of phenols is 1. The van der Waals surface area contributed by atoms with E-state index in [0.29, 0.717) is 16.6 Å². The fraction of sp³-hybridized carbons (Fsp3) is 0.370. The van der Waals surface area contributed by atoms with Gasteiger partial charge in [0.15, 0.2) is 5.75 Å². The Morgan fingerprint density at radius 1 is 0.704 bits per heavy atom. The van der Waals surface area contributed by atoms with E-state index in [1.165, 1.54) is 77.0 Å². The van der Waals surface area contributed by atoms with Crippen molar-refractivity contribution in [3.8, 4) is 11.5 Å². The largest absolute Gasteiger partial charge is 0.508 e. The molecule has 9 atom stereocenters. The zero-order chi connectivity index (χ0) is 51.9. The smallest absolute Gasteiger partial charge is 0.327 e. The molecule has 4 saturated heterocycles. The van der Waals surface area contributed by atoms with Gasteiger partial charge in [-0.3, -0.25) is 43.5 Å². The third kappa shape index (κ3) is 10.1. The Bertz CT molecular complexity index is 2820. The lowest BCUT2D eigenvalue weighted by Crippen LogP contribution is -2.71. The Labute approximate surface area is 413 Å². The van der Waals surface area contributed by atoms with Gasteiger partial charge in [0, 0.05) is 28.9 Å². The van der Waals surface area contributed by atoms with Gasteiger partial charge < -0.3 is 62.5 Å². The van der Waals surface area contributed by atoms with Gasteiger partial charge >= 0.3 is 11.9 Å². The summed E-state index contributed by atoms with van der Waals surface area (Å²) < 4.78 is -1.50. The van der Waals surface area contributed by atoms with Gasteiger partial charge in [0.05, 0.1) is 18.0 Å². The van der Waals surface area contributed by atoms with Crippen LogP contribution < -0.4 is 32.3 Å². The van der Waals surface area contributed by atoms with Crippen LogP contribution in [0.2, 0.25) is 0 Å². The molecule has 7 amide bonds. The van der Waals surface area contributed by atoms with Crippen LogP contribution in [0, 0.1) is 0 Å². The Kier molecular flexibility index (Phi) is 14.5. The lowest BCUT2D eigenvalue weighted by atomic mass is 9.95. The molecule has 11 N–H and O–H groups in total. The van der Waals surface area contributed by atoms with Crippen molar-refractivity contribution in [2.75, 3.05) is 7.05 Å². The number of benzene rings is 2. The van der Waals surface area contributed by atoms with Crippen molar-refractivity contribution in [1.29, 1.82) is 0 Å². The second kappa shape index (κ2) is 20.1. The van der Waals surface area contributed by atoms with Crippen molar-refractivity contribution < 1.29 is 63.6 Å². The van der Waals surface area contributed by atoms with Gasteiger partial charge in [-0.15, -0.1) is 23.5 Å². The molecule has 0 radical (unpaired) electrons. The molecule has 0 unspecified atom stereocenters. The average molecular weight is 1020 g/mol. The molecule has 0 aliphatic carbocycles. The Hall–Kier alpha value is -7.51. The number of hydrogen-bond donors (Lipinski definition) is 10. The minimum Gasteiger partial charge on any atom is -0.508 e. The van der Waals surface area contributed by atoms with Crippen molar-refractivity contribution in [3.63, 3.8) is 0 Å². The average Bonchev–Trinajstić information content (AvgIpc) is 3.75. The van der Waals surface area contributed by atoms with E-state index < -0.39 is 116 Å². The molecule has 4 aliphatic rings. The molecule has 374 valence electrons. The van der Waals surface area contributed by atoms with Gasteiger partial charge in [0.2, 0.25) is 35.4 Å². The number of aromatic nitrogens is 2. The summed E-state index contributed by atoms with van der Waals surface area (Å²) in [7, 11) is 1.40. The van der Waals surface area contributed by atoms with Crippen LogP contribution in [0.1, 0.15) is 67.7 Å². The Morgan fingerprint density at radius 3 is 1.72 bits per heavy atom. The highest BCUT2D eigenvalue weighted by Crippen LogP contribution is 2.52. The molecule has 2 aromatic carbocycles. The SMILES string of the molecule is CC1(C)S[C@@H]2[C@H](NC(=O)[C@H](NC(=O)c3cnc4cccnc4c3O)c3ccccc3)C(=O)N2[C@H]1C(=O)O.CNC(=O)C[C@@H](N)C(=O)N[C@@H](C(=O)N[C@@H]1C(=O)N2[C@@H]1SC(C)(C)[C@@H]2C(=O)O)c1ccc(O)cc1. The molecule has 71 heavy (non-hydrogen) atoms. The number of nitrogens with one attached hydrogen (secondary N) is 5. The summed E-state index contributed by atoms with van der Waals surface area (Å²) in [6.45, 7) is 6.92. The van der Waals surface area contributed by atoms with E-state index >= 15 is 0 Å². The molecule has 2 aromatic heterocycles. The number of β-lactam (4-membered cyclic amide) rings is 2. The number of fused-ring (bicyclic) bond motifs is 3. The number of carboxylic acids is 2. The second-order valence-corrected chi connectivity index (χ2v) is 21.4. The van der Waals surface area contributed by atoms with Crippen molar-refractivity contribution in [2.45, 2.75) is 96.7 Å². The van der Waals surface area contributed by atoms with E-state index in [1.807, 2.05) is 0 Å². The highest BCUT2D eigenvalue weighted by atomic mass is 32.2. The van der Waals surface area contributed by atoms with Crippen LogP contribution in [0.3, 0.4) is 0 Å². The van der Waals surface area contributed by atoms with E-state index in [2.05, 4.69) is 36.6 Å². The summed E-state index contributed by atoms with van der Waals surface area (Å²) in [5, 5.41) is 51.0. The second-order valence-electron chi connectivity index (χ2n) is 17.9. The molecular formula is C46H50N10O13S2. The van der Waals surface area contributed by atoms with E-state index in [4.69, 9.17) is 5.73 Å². The highest BCUT2D eigenvalue weighted by Gasteiger charge is 2.65. The lowest BCUT2D eigenvalue weighted by molar-refractivity contribution is -0.161. The van der Waals surface area contributed by atoms with Crippen molar-refractivity contribution >= 4 is 87.8 Å². The lowest BCUT2D eigenvalue weighted by Gasteiger charge is -2.44. The number of carbonyl (C=O) groups excluding carboxylic acids is 7. The third-order valence-corrected chi connectivity index (χ3v) is 15.4. The van der Waals surface area contributed by atoms with E-state index in [-0.39, 0.29) is 29.0 Å². The summed E-state index contributed by atoms with van der Waals surface area (Å²) in [6.07, 6.45) is 2.36. The maximum Gasteiger partial charge on any atom is 0.327 e. The van der Waals surface area contributed by atoms with Gasteiger partial charge in [-0.2, -0.15) is 0 Å². The molecule has 8 rings (SSSR count). The first kappa shape index (κ1) is 51.3. The predicted molar refractivity (Wildman–Crippen MR) is 255 cm³/mol. The molecule has 0 bridgehead atoms. The standard InChI is InChI=1S/C25H23N5O6S.C21H27N5O7S/c1-25(2)19(24(35)36)30-22(34)17(23(30)37-25)29-21(33)15(12-7-4-3-5-8-12)28-20(32)13-11-27-14-9-6-10-26-16(14)18(13)31;1-21(2)15(20(32)33)26-18(31)14(19(26)34-21)25-17(30)13(9-4-6-10(27)7-5-9)24-16(29)11(22)8-12(28)23-3/h3-11,15,17,19,23H,1-2H3,(H,27,31)(H,28,32)(H,29,33)(H,35,36);4-7,11,13-15,19,27H,8,22H2,1-3H3,(H,23,28)(H,24,29)(H,25,30)(H,32,33)/t15-,17-,19+,23-;11-,13-,14-,15+,19-/m11/s1. The number of aromatic hydroxyl groups is 2. The number of nitrogens with zero attached hydrogens (tertiary/aromatic N) is 4. The fourth-order valence-corrected chi connectivity index (χ4v) is 12.0.